The molecule has 6 nitrogen and oxygen atoms in total. The second-order valence-corrected chi connectivity index (χ2v) is 6.26. The van der Waals surface area contributed by atoms with E-state index in [2.05, 4.69) is 17.0 Å². The van der Waals surface area contributed by atoms with Crippen molar-refractivity contribution in [3.63, 3.8) is 0 Å². The molecule has 1 aromatic rings. The molecule has 0 N–H and O–H groups in total. The van der Waals surface area contributed by atoms with Crippen LogP contribution < -0.4 is 4.74 Å². The summed E-state index contributed by atoms with van der Waals surface area (Å²) in [5.41, 5.74) is 1.86. The first kappa shape index (κ1) is 16.8. The van der Waals surface area contributed by atoms with E-state index in [9.17, 15) is 4.79 Å². The summed E-state index contributed by atoms with van der Waals surface area (Å²) in [7, 11) is 1.62. The monoisotopic (exact) mass is 331 g/mol. The van der Waals surface area contributed by atoms with Gasteiger partial charge in [-0.1, -0.05) is 12.1 Å². The number of carbonyl (C=O) groups excluding carboxylic acids is 1. The third-order valence-electron chi connectivity index (χ3n) is 4.66. The van der Waals surface area contributed by atoms with Gasteiger partial charge in [-0.3, -0.25) is 9.69 Å². The van der Waals surface area contributed by atoms with Gasteiger partial charge in [0.25, 0.3) is 5.91 Å². The lowest BCUT2D eigenvalue weighted by atomic mass is 10.1. The van der Waals surface area contributed by atoms with Gasteiger partial charge in [0, 0.05) is 44.7 Å². The zero-order chi connectivity index (χ0) is 16.9. The van der Waals surface area contributed by atoms with Crippen LogP contribution in [0.1, 0.15) is 30.1 Å². The third-order valence-corrected chi connectivity index (χ3v) is 4.66. The maximum absolute atomic E-state index is 12.6. The van der Waals surface area contributed by atoms with Gasteiger partial charge in [0.2, 0.25) is 0 Å². The number of piperazine rings is 1. The van der Waals surface area contributed by atoms with Crippen molar-refractivity contribution in [2.75, 3.05) is 39.8 Å². The smallest absolute Gasteiger partial charge is 0.253 e. The van der Waals surface area contributed by atoms with Crippen LogP contribution in [0.3, 0.4) is 0 Å². The molecule has 1 unspecified atom stereocenters. The Balaban J connectivity index is 1.47. The number of hydrogen-bond acceptors (Lipinski definition) is 5. The molecule has 1 saturated heterocycles. The third kappa shape index (κ3) is 3.87. The predicted octanol–water partition coefficient (Wildman–Crippen LogP) is 2.01. The summed E-state index contributed by atoms with van der Waals surface area (Å²) in [6.07, 6.45) is 2.06. The molecule has 0 aromatic heterocycles. The highest BCUT2D eigenvalue weighted by atomic mass is 16.6. The number of hydrogen-bond donors (Lipinski definition) is 0. The fraction of sp³-hybridized carbons (Fsp3) is 0.556. The summed E-state index contributed by atoms with van der Waals surface area (Å²) in [6, 6.07) is 7.30. The Hall–Kier alpha value is -2.08. The van der Waals surface area contributed by atoms with E-state index in [0.717, 1.165) is 57.0 Å². The zero-order valence-electron chi connectivity index (χ0n) is 14.4. The van der Waals surface area contributed by atoms with E-state index in [-0.39, 0.29) is 12.0 Å². The van der Waals surface area contributed by atoms with Crippen LogP contribution >= 0.6 is 0 Å². The number of benzene rings is 1. The summed E-state index contributed by atoms with van der Waals surface area (Å²) in [4.78, 5) is 22.3. The van der Waals surface area contributed by atoms with Gasteiger partial charge in [-0.25, -0.2) is 0 Å². The molecule has 0 saturated carbocycles. The van der Waals surface area contributed by atoms with Crippen molar-refractivity contribution in [2.45, 2.75) is 25.9 Å². The highest BCUT2D eigenvalue weighted by Gasteiger charge is 2.27. The summed E-state index contributed by atoms with van der Waals surface area (Å²) < 4.78 is 5.13. The molecule has 2 heterocycles. The molecule has 1 fully saturated rings. The molecule has 0 aliphatic carbocycles. The molecule has 3 rings (SSSR count). The summed E-state index contributed by atoms with van der Waals surface area (Å²) in [6.45, 7) is 6.25. The minimum atomic E-state index is 0.0889. The van der Waals surface area contributed by atoms with Crippen molar-refractivity contribution in [3.8, 4) is 5.75 Å². The van der Waals surface area contributed by atoms with Crippen LogP contribution in [0.25, 0.3) is 0 Å². The van der Waals surface area contributed by atoms with Gasteiger partial charge in [-0.2, -0.15) is 0 Å². The van der Waals surface area contributed by atoms with E-state index >= 15 is 0 Å². The minimum Gasteiger partial charge on any atom is -0.497 e. The van der Waals surface area contributed by atoms with Crippen LogP contribution in [-0.2, 0) is 4.84 Å². The minimum absolute atomic E-state index is 0.0889. The lowest BCUT2D eigenvalue weighted by Crippen LogP contribution is -2.50. The second kappa shape index (κ2) is 7.66. The normalized spacial score (nSPS) is 21.3. The van der Waals surface area contributed by atoms with Crippen LogP contribution in [0, 0.1) is 0 Å². The van der Waals surface area contributed by atoms with E-state index in [0.29, 0.717) is 5.56 Å². The van der Waals surface area contributed by atoms with Gasteiger partial charge in [-0.05, 0) is 30.7 Å². The molecule has 1 amide bonds. The van der Waals surface area contributed by atoms with Crippen molar-refractivity contribution in [1.29, 1.82) is 0 Å². The summed E-state index contributed by atoms with van der Waals surface area (Å²) in [5.74, 6) is 0.854. The average molecular weight is 331 g/mol. The van der Waals surface area contributed by atoms with Crippen molar-refractivity contribution in [2.24, 2.45) is 5.16 Å². The van der Waals surface area contributed by atoms with Crippen molar-refractivity contribution in [3.05, 3.63) is 29.8 Å². The molecule has 0 radical (unpaired) electrons. The highest BCUT2D eigenvalue weighted by molar-refractivity contribution is 5.94. The molecule has 130 valence electrons. The number of methoxy groups -OCH3 is 1. The number of rotatable bonds is 5. The van der Waals surface area contributed by atoms with Crippen LogP contribution in [0.4, 0.5) is 0 Å². The van der Waals surface area contributed by atoms with Crippen LogP contribution in [0.15, 0.2) is 29.4 Å². The van der Waals surface area contributed by atoms with Crippen molar-refractivity contribution < 1.29 is 14.4 Å². The predicted molar refractivity (Wildman–Crippen MR) is 92.6 cm³/mol. The number of nitrogens with zero attached hydrogens (tertiary/aromatic N) is 3. The molecule has 24 heavy (non-hydrogen) atoms. The van der Waals surface area contributed by atoms with Gasteiger partial charge in [0.15, 0.2) is 0 Å². The molecular formula is C18H25N3O3. The van der Waals surface area contributed by atoms with Crippen molar-refractivity contribution >= 4 is 11.6 Å². The van der Waals surface area contributed by atoms with Crippen LogP contribution in [0.2, 0.25) is 0 Å². The maximum atomic E-state index is 12.6. The molecule has 6 heteroatoms. The number of amides is 1. The molecular weight excluding hydrogens is 306 g/mol. The molecule has 0 spiro atoms. The standard InChI is InChI=1S/C18H25N3O3/c1-3-15-12-17(24-19-15)13-20-8-10-21(11-9-20)18(22)14-4-6-16(23-2)7-5-14/h4-7,17H,3,8-13H2,1-2H3. The zero-order valence-corrected chi connectivity index (χ0v) is 14.4. The topological polar surface area (TPSA) is 54.4 Å². The fourth-order valence-corrected chi connectivity index (χ4v) is 3.13. The first-order chi connectivity index (χ1) is 11.7. The molecule has 0 bridgehead atoms. The second-order valence-electron chi connectivity index (χ2n) is 6.26. The molecule has 2 aliphatic heterocycles. The fourth-order valence-electron chi connectivity index (χ4n) is 3.13. The van der Waals surface area contributed by atoms with Gasteiger partial charge >= 0.3 is 0 Å². The van der Waals surface area contributed by atoms with Gasteiger partial charge in [0.1, 0.15) is 11.9 Å². The number of carbonyl (C=O) groups is 1. The van der Waals surface area contributed by atoms with E-state index in [1.807, 2.05) is 29.2 Å². The Morgan fingerprint density at radius 3 is 2.54 bits per heavy atom. The van der Waals surface area contributed by atoms with E-state index in [1.54, 1.807) is 7.11 Å². The Bertz CT molecular complexity index is 592. The maximum Gasteiger partial charge on any atom is 0.253 e. The SMILES string of the molecule is CCC1=NOC(CN2CCN(C(=O)c3ccc(OC)cc3)CC2)C1. The first-order valence-electron chi connectivity index (χ1n) is 8.57. The molecule has 2 aliphatic rings. The Labute approximate surface area is 143 Å². The Morgan fingerprint density at radius 2 is 1.96 bits per heavy atom. The first-order valence-corrected chi connectivity index (χ1v) is 8.57. The van der Waals surface area contributed by atoms with E-state index in [4.69, 9.17) is 9.57 Å². The van der Waals surface area contributed by atoms with Crippen LogP contribution in [0.5, 0.6) is 5.75 Å². The summed E-state index contributed by atoms with van der Waals surface area (Å²) >= 11 is 0. The lowest BCUT2D eigenvalue weighted by Gasteiger charge is -2.35. The average Bonchev–Trinajstić information content (AvgIpc) is 3.09. The summed E-state index contributed by atoms with van der Waals surface area (Å²) in [5, 5.41) is 4.11. The van der Waals surface area contributed by atoms with Crippen LogP contribution in [-0.4, -0.2) is 67.4 Å². The quantitative estimate of drug-likeness (QED) is 0.828. The van der Waals surface area contributed by atoms with E-state index < -0.39 is 0 Å². The van der Waals surface area contributed by atoms with Crippen molar-refractivity contribution in [1.82, 2.24) is 9.80 Å². The Morgan fingerprint density at radius 1 is 1.25 bits per heavy atom. The molecule has 1 atom stereocenters. The number of oxime groups is 1. The lowest BCUT2D eigenvalue weighted by molar-refractivity contribution is 0.0324. The molecule has 1 aromatic carbocycles. The van der Waals surface area contributed by atoms with Gasteiger partial charge in [-0.15, -0.1) is 0 Å². The van der Waals surface area contributed by atoms with E-state index in [1.165, 1.54) is 0 Å². The Kier molecular flexibility index (Phi) is 5.35. The van der Waals surface area contributed by atoms with Gasteiger partial charge < -0.3 is 14.5 Å². The van der Waals surface area contributed by atoms with Gasteiger partial charge in [0.05, 0.1) is 12.8 Å². The number of ether oxygens (including phenoxy) is 1. The highest BCUT2D eigenvalue weighted by Crippen LogP contribution is 2.17. The largest absolute Gasteiger partial charge is 0.497 e.